The molecule has 1 aromatic carbocycles. The van der Waals surface area contributed by atoms with E-state index < -0.39 is 0 Å². The van der Waals surface area contributed by atoms with Crippen LogP contribution in [-0.4, -0.2) is 34.2 Å². The van der Waals surface area contributed by atoms with E-state index in [4.69, 9.17) is 11.6 Å². The van der Waals surface area contributed by atoms with Gasteiger partial charge in [-0.15, -0.1) is 0 Å². The molecule has 0 amide bonds. The molecular weight excluding hydrogens is 260 g/mol. The molecule has 19 heavy (non-hydrogen) atoms. The van der Waals surface area contributed by atoms with Crippen molar-refractivity contribution in [3.8, 4) is 0 Å². The normalized spacial score (nSPS) is 20.2. The zero-order valence-electron chi connectivity index (χ0n) is 10.7. The fourth-order valence-corrected chi connectivity index (χ4v) is 2.98. The molecule has 0 radical (unpaired) electrons. The quantitative estimate of drug-likeness (QED) is 0.876. The standard InChI is InChI=1S/C15H17ClN2O/c16-15-12(9-18-7-3-5-13(18)10-19)8-11-4-1-2-6-14(11)17-15/h1-2,4,6,8,13,19H,3,5,7,9-10H2/t13-/m1/s1. The average molecular weight is 277 g/mol. The molecule has 1 aromatic heterocycles. The third-order valence-corrected chi connectivity index (χ3v) is 4.16. The van der Waals surface area contributed by atoms with E-state index in [-0.39, 0.29) is 12.6 Å². The summed E-state index contributed by atoms with van der Waals surface area (Å²) in [5, 5.41) is 11.0. The van der Waals surface area contributed by atoms with Crippen LogP contribution in [0.1, 0.15) is 18.4 Å². The molecule has 0 aliphatic carbocycles. The van der Waals surface area contributed by atoms with Gasteiger partial charge in [0.25, 0.3) is 0 Å². The summed E-state index contributed by atoms with van der Waals surface area (Å²) in [6.45, 7) is 2.01. The van der Waals surface area contributed by atoms with Gasteiger partial charge < -0.3 is 5.11 Å². The number of halogens is 1. The topological polar surface area (TPSA) is 36.4 Å². The molecule has 1 N–H and O–H groups in total. The highest BCUT2D eigenvalue weighted by Crippen LogP contribution is 2.25. The molecule has 0 unspecified atom stereocenters. The molecule has 1 saturated heterocycles. The predicted molar refractivity (Wildman–Crippen MR) is 77.3 cm³/mol. The number of benzene rings is 1. The minimum Gasteiger partial charge on any atom is -0.395 e. The Kier molecular flexibility index (Phi) is 3.69. The van der Waals surface area contributed by atoms with Crippen LogP contribution < -0.4 is 0 Å². The van der Waals surface area contributed by atoms with Gasteiger partial charge in [0.1, 0.15) is 5.15 Å². The minimum absolute atomic E-state index is 0.221. The van der Waals surface area contributed by atoms with Gasteiger partial charge in [0.05, 0.1) is 12.1 Å². The Morgan fingerprint density at radius 3 is 3.05 bits per heavy atom. The smallest absolute Gasteiger partial charge is 0.134 e. The van der Waals surface area contributed by atoms with Crippen molar-refractivity contribution in [1.29, 1.82) is 0 Å². The van der Waals surface area contributed by atoms with Crippen molar-refractivity contribution in [2.45, 2.75) is 25.4 Å². The molecule has 1 atom stereocenters. The monoisotopic (exact) mass is 276 g/mol. The zero-order valence-corrected chi connectivity index (χ0v) is 11.5. The molecule has 1 fully saturated rings. The lowest BCUT2D eigenvalue weighted by atomic mass is 10.1. The number of nitrogens with zero attached hydrogens (tertiary/aromatic N) is 2. The first-order valence-electron chi connectivity index (χ1n) is 6.67. The summed E-state index contributed by atoms with van der Waals surface area (Å²) in [6.07, 6.45) is 2.21. The molecule has 1 aliphatic heterocycles. The van der Waals surface area contributed by atoms with Gasteiger partial charge in [0.2, 0.25) is 0 Å². The molecule has 0 spiro atoms. The van der Waals surface area contributed by atoms with Gasteiger partial charge >= 0.3 is 0 Å². The molecule has 0 bridgehead atoms. The van der Waals surface area contributed by atoms with Crippen LogP contribution in [-0.2, 0) is 6.54 Å². The molecule has 1 aliphatic rings. The van der Waals surface area contributed by atoms with Crippen molar-refractivity contribution >= 4 is 22.5 Å². The van der Waals surface area contributed by atoms with Crippen LogP contribution in [0.4, 0.5) is 0 Å². The lowest BCUT2D eigenvalue weighted by molar-refractivity contribution is 0.153. The third kappa shape index (κ3) is 2.59. The molecule has 4 heteroatoms. The Hall–Kier alpha value is -1.16. The Bertz CT molecular complexity index is 587. The van der Waals surface area contributed by atoms with Crippen molar-refractivity contribution in [2.75, 3.05) is 13.2 Å². The molecule has 2 heterocycles. The van der Waals surface area contributed by atoms with Gasteiger partial charge in [-0.1, -0.05) is 29.8 Å². The maximum atomic E-state index is 9.37. The van der Waals surface area contributed by atoms with Gasteiger partial charge in [0, 0.05) is 23.5 Å². The first-order valence-corrected chi connectivity index (χ1v) is 7.05. The van der Waals surface area contributed by atoms with Gasteiger partial charge in [-0.3, -0.25) is 4.90 Å². The third-order valence-electron chi connectivity index (χ3n) is 3.83. The summed E-state index contributed by atoms with van der Waals surface area (Å²) in [6, 6.07) is 10.4. The van der Waals surface area contributed by atoms with Crippen molar-refractivity contribution in [2.24, 2.45) is 0 Å². The number of pyridine rings is 1. The van der Waals surface area contributed by atoms with Gasteiger partial charge in [-0.05, 0) is 31.5 Å². The van der Waals surface area contributed by atoms with Crippen molar-refractivity contribution in [1.82, 2.24) is 9.88 Å². The van der Waals surface area contributed by atoms with Crippen molar-refractivity contribution in [3.05, 3.63) is 41.0 Å². The fraction of sp³-hybridized carbons (Fsp3) is 0.400. The van der Waals surface area contributed by atoms with E-state index in [1.807, 2.05) is 18.2 Å². The van der Waals surface area contributed by atoms with Crippen molar-refractivity contribution in [3.63, 3.8) is 0 Å². The fourth-order valence-electron chi connectivity index (χ4n) is 2.78. The number of aromatic nitrogens is 1. The molecule has 3 rings (SSSR count). The van der Waals surface area contributed by atoms with E-state index in [0.717, 1.165) is 42.4 Å². The molecule has 0 saturated carbocycles. The van der Waals surface area contributed by atoms with E-state index in [9.17, 15) is 5.11 Å². The Labute approximate surface area is 117 Å². The number of fused-ring (bicyclic) bond motifs is 1. The summed E-state index contributed by atoms with van der Waals surface area (Å²) in [5.74, 6) is 0. The van der Waals surface area contributed by atoms with E-state index in [1.165, 1.54) is 0 Å². The first kappa shape index (κ1) is 12.9. The van der Waals surface area contributed by atoms with E-state index in [0.29, 0.717) is 5.15 Å². The van der Waals surface area contributed by atoms with Gasteiger partial charge in [0.15, 0.2) is 0 Å². The van der Waals surface area contributed by atoms with E-state index in [1.54, 1.807) is 0 Å². The second-order valence-electron chi connectivity index (χ2n) is 5.08. The summed E-state index contributed by atoms with van der Waals surface area (Å²) in [4.78, 5) is 6.73. The van der Waals surface area contributed by atoms with Crippen LogP contribution in [0.3, 0.4) is 0 Å². The molecule has 2 aromatic rings. The first-order chi connectivity index (χ1) is 9.28. The Morgan fingerprint density at radius 2 is 2.21 bits per heavy atom. The lowest BCUT2D eigenvalue weighted by Crippen LogP contribution is -2.31. The highest BCUT2D eigenvalue weighted by molar-refractivity contribution is 6.30. The number of rotatable bonds is 3. The SMILES string of the molecule is OC[C@H]1CCCN1Cc1cc2ccccc2nc1Cl. The predicted octanol–water partition coefficient (Wildman–Crippen LogP) is 2.84. The zero-order chi connectivity index (χ0) is 13.2. The summed E-state index contributed by atoms with van der Waals surface area (Å²) < 4.78 is 0. The van der Waals surface area contributed by atoms with E-state index >= 15 is 0 Å². The van der Waals surface area contributed by atoms with Crippen LogP contribution in [0.2, 0.25) is 5.15 Å². The van der Waals surface area contributed by atoms with Crippen LogP contribution in [0.15, 0.2) is 30.3 Å². The lowest BCUT2D eigenvalue weighted by Gasteiger charge is -2.23. The highest BCUT2D eigenvalue weighted by atomic mass is 35.5. The summed E-state index contributed by atoms with van der Waals surface area (Å²) in [7, 11) is 0. The maximum Gasteiger partial charge on any atom is 0.134 e. The summed E-state index contributed by atoms with van der Waals surface area (Å²) in [5.41, 5.74) is 1.97. The second kappa shape index (κ2) is 5.45. The number of hydrogen-bond donors (Lipinski definition) is 1. The molecule has 100 valence electrons. The van der Waals surface area contributed by atoms with Crippen LogP contribution in [0.5, 0.6) is 0 Å². The Balaban J connectivity index is 1.90. The molecular formula is C15H17ClN2O. The molecule has 3 nitrogen and oxygen atoms in total. The van der Waals surface area contributed by atoms with Crippen LogP contribution in [0.25, 0.3) is 10.9 Å². The van der Waals surface area contributed by atoms with Crippen molar-refractivity contribution < 1.29 is 5.11 Å². The Morgan fingerprint density at radius 1 is 1.37 bits per heavy atom. The minimum atomic E-state index is 0.221. The average Bonchev–Trinajstić information content (AvgIpc) is 2.87. The second-order valence-corrected chi connectivity index (χ2v) is 5.44. The number of para-hydroxylation sites is 1. The number of hydrogen-bond acceptors (Lipinski definition) is 3. The summed E-state index contributed by atoms with van der Waals surface area (Å²) >= 11 is 6.27. The maximum absolute atomic E-state index is 9.37. The van der Waals surface area contributed by atoms with E-state index in [2.05, 4.69) is 22.0 Å². The largest absolute Gasteiger partial charge is 0.395 e. The highest BCUT2D eigenvalue weighted by Gasteiger charge is 2.24. The van der Waals surface area contributed by atoms with Gasteiger partial charge in [-0.25, -0.2) is 4.98 Å². The van der Waals surface area contributed by atoms with Crippen LogP contribution in [0, 0.1) is 0 Å². The van der Waals surface area contributed by atoms with Crippen LogP contribution >= 0.6 is 11.6 Å². The number of aliphatic hydroxyl groups is 1. The number of likely N-dealkylation sites (tertiary alicyclic amines) is 1. The van der Waals surface area contributed by atoms with Gasteiger partial charge in [-0.2, -0.15) is 0 Å². The number of aliphatic hydroxyl groups excluding tert-OH is 1.